The highest BCUT2D eigenvalue weighted by molar-refractivity contribution is 5.81. The van der Waals surface area contributed by atoms with Crippen molar-refractivity contribution in [3.05, 3.63) is 0 Å². The van der Waals surface area contributed by atoms with E-state index >= 15 is 0 Å². The predicted molar refractivity (Wildman–Crippen MR) is 65.3 cm³/mol. The molecule has 1 saturated heterocycles. The van der Waals surface area contributed by atoms with Crippen LogP contribution in [0.2, 0.25) is 0 Å². The third kappa shape index (κ3) is 3.20. The summed E-state index contributed by atoms with van der Waals surface area (Å²) in [5, 5.41) is 3.05. The topological polar surface area (TPSA) is 49.4 Å². The fourth-order valence-corrected chi connectivity index (χ4v) is 2.27. The van der Waals surface area contributed by atoms with Gasteiger partial charge in [0.15, 0.2) is 0 Å². The van der Waals surface area contributed by atoms with Gasteiger partial charge in [0.1, 0.15) is 0 Å². The third-order valence-corrected chi connectivity index (χ3v) is 3.60. The molecule has 2 fully saturated rings. The van der Waals surface area contributed by atoms with Gasteiger partial charge in [0.25, 0.3) is 0 Å². The van der Waals surface area contributed by atoms with Gasteiger partial charge >= 0.3 is 0 Å². The number of amides is 2. The van der Waals surface area contributed by atoms with Crippen molar-refractivity contribution in [2.24, 2.45) is 11.8 Å². The van der Waals surface area contributed by atoms with E-state index in [4.69, 9.17) is 0 Å². The normalized spacial score (nSPS) is 21.7. The minimum absolute atomic E-state index is 0.0619. The van der Waals surface area contributed by atoms with Crippen molar-refractivity contribution >= 4 is 11.8 Å². The second kappa shape index (κ2) is 5.07. The zero-order valence-electron chi connectivity index (χ0n) is 10.7. The number of carbonyl (C=O) groups excluding carboxylic acids is 2. The van der Waals surface area contributed by atoms with Crippen LogP contribution in [0.15, 0.2) is 0 Å². The Balaban J connectivity index is 1.76. The van der Waals surface area contributed by atoms with Gasteiger partial charge in [0.05, 0.1) is 0 Å². The molecule has 0 aromatic rings. The molecule has 0 bridgehead atoms. The van der Waals surface area contributed by atoms with E-state index in [0.29, 0.717) is 6.04 Å². The Morgan fingerprint density at radius 3 is 2.18 bits per heavy atom. The van der Waals surface area contributed by atoms with Crippen LogP contribution in [0.3, 0.4) is 0 Å². The molecule has 0 aromatic heterocycles. The highest BCUT2D eigenvalue weighted by Crippen LogP contribution is 2.23. The summed E-state index contributed by atoms with van der Waals surface area (Å²) in [7, 11) is 0. The fraction of sp³-hybridized carbons (Fsp3) is 0.846. The van der Waals surface area contributed by atoms with Gasteiger partial charge in [-0.25, -0.2) is 0 Å². The highest BCUT2D eigenvalue weighted by atomic mass is 16.2. The number of piperidine rings is 1. The Labute approximate surface area is 103 Å². The molecule has 17 heavy (non-hydrogen) atoms. The van der Waals surface area contributed by atoms with Crippen molar-refractivity contribution in [2.75, 3.05) is 13.1 Å². The van der Waals surface area contributed by atoms with Crippen molar-refractivity contribution in [3.8, 4) is 0 Å². The number of rotatable bonds is 3. The number of nitrogens with zero attached hydrogens (tertiary/aromatic N) is 1. The van der Waals surface area contributed by atoms with Gasteiger partial charge in [-0.3, -0.25) is 9.59 Å². The van der Waals surface area contributed by atoms with E-state index in [9.17, 15) is 9.59 Å². The molecule has 2 rings (SSSR count). The lowest BCUT2D eigenvalue weighted by Gasteiger charge is -2.32. The highest BCUT2D eigenvalue weighted by Gasteiger charge is 2.31. The molecule has 0 spiro atoms. The molecule has 96 valence electrons. The van der Waals surface area contributed by atoms with Crippen LogP contribution in [0.4, 0.5) is 0 Å². The van der Waals surface area contributed by atoms with Crippen molar-refractivity contribution in [3.63, 3.8) is 0 Å². The van der Waals surface area contributed by atoms with Gasteiger partial charge in [0.2, 0.25) is 11.8 Å². The van der Waals surface area contributed by atoms with E-state index in [1.165, 1.54) is 0 Å². The molecular formula is C13H22N2O2. The van der Waals surface area contributed by atoms with E-state index in [0.717, 1.165) is 38.8 Å². The minimum Gasteiger partial charge on any atom is -0.353 e. The van der Waals surface area contributed by atoms with E-state index in [1.807, 2.05) is 18.7 Å². The first-order valence-electron chi connectivity index (χ1n) is 6.67. The van der Waals surface area contributed by atoms with Gasteiger partial charge in [-0.1, -0.05) is 13.8 Å². The maximum Gasteiger partial charge on any atom is 0.225 e. The van der Waals surface area contributed by atoms with Crippen LogP contribution in [0.5, 0.6) is 0 Å². The van der Waals surface area contributed by atoms with Crippen molar-refractivity contribution in [1.82, 2.24) is 10.2 Å². The standard InChI is InChI=1S/C13H22N2O2/c1-9(2)13(17)15-7-5-10(6-8-15)12(16)14-11-3-4-11/h9-11H,3-8H2,1-2H3,(H,14,16). The number of carbonyl (C=O) groups is 2. The number of hydrogen-bond acceptors (Lipinski definition) is 2. The summed E-state index contributed by atoms with van der Waals surface area (Å²) in [4.78, 5) is 25.5. The van der Waals surface area contributed by atoms with E-state index in [1.54, 1.807) is 0 Å². The zero-order chi connectivity index (χ0) is 12.4. The van der Waals surface area contributed by atoms with Gasteiger partial charge in [-0.2, -0.15) is 0 Å². The summed E-state index contributed by atoms with van der Waals surface area (Å²) in [5.74, 6) is 0.592. The first-order chi connectivity index (χ1) is 8.08. The molecular weight excluding hydrogens is 216 g/mol. The Bertz CT molecular complexity index is 303. The molecule has 0 unspecified atom stereocenters. The lowest BCUT2D eigenvalue weighted by Crippen LogP contribution is -2.44. The quantitative estimate of drug-likeness (QED) is 0.802. The van der Waals surface area contributed by atoms with Gasteiger partial charge < -0.3 is 10.2 Å². The van der Waals surface area contributed by atoms with Crippen LogP contribution < -0.4 is 5.32 Å². The van der Waals surface area contributed by atoms with E-state index in [-0.39, 0.29) is 23.7 Å². The van der Waals surface area contributed by atoms with Gasteiger partial charge in [-0.15, -0.1) is 0 Å². The Kier molecular flexibility index (Phi) is 3.69. The maximum absolute atomic E-state index is 11.8. The molecule has 0 radical (unpaired) electrons. The average molecular weight is 238 g/mol. The summed E-state index contributed by atoms with van der Waals surface area (Å²) >= 11 is 0. The summed E-state index contributed by atoms with van der Waals surface area (Å²) in [6.45, 7) is 5.32. The Morgan fingerprint density at radius 1 is 1.12 bits per heavy atom. The SMILES string of the molecule is CC(C)C(=O)N1CCC(C(=O)NC2CC2)CC1. The largest absolute Gasteiger partial charge is 0.353 e. The summed E-state index contributed by atoms with van der Waals surface area (Å²) in [6.07, 6.45) is 3.90. The lowest BCUT2D eigenvalue weighted by atomic mass is 9.95. The molecule has 2 amide bonds. The predicted octanol–water partition coefficient (Wildman–Crippen LogP) is 1.16. The van der Waals surface area contributed by atoms with Crippen molar-refractivity contribution in [1.29, 1.82) is 0 Å². The number of nitrogens with one attached hydrogen (secondary N) is 1. The summed E-state index contributed by atoms with van der Waals surface area (Å²) in [6, 6.07) is 0.442. The molecule has 1 aliphatic carbocycles. The van der Waals surface area contributed by atoms with E-state index in [2.05, 4.69) is 5.32 Å². The number of hydrogen-bond donors (Lipinski definition) is 1. The van der Waals surface area contributed by atoms with E-state index < -0.39 is 0 Å². The first-order valence-corrected chi connectivity index (χ1v) is 6.67. The molecule has 0 aromatic carbocycles. The van der Waals surface area contributed by atoms with Crippen molar-refractivity contribution < 1.29 is 9.59 Å². The molecule has 0 atom stereocenters. The zero-order valence-corrected chi connectivity index (χ0v) is 10.7. The van der Waals surface area contributed by atoms with Crippen LogP contribution in [0.25, 0.3) is 0 Å². The smallest absolute Gasteiger partial charge is 0.225 e. The molecule has 4 heteroatoms. The Morgan fingerprint density at radius 2 is 1.71 bits per heavy atom. The van der Waals surface area contributed by atoms with Gasteiger partial charge in [0, 0.05) is 31.0 Å². The first kappa shape index (κ1) is 12.4. The van der Waals surface area contributed by atoms with Crippen LogP contribution in [0, 0.1) is 11.8 Å². The van der Waals surface area contributed by atoms with Crippen LogP contribution in [0.1, 0.15) is 39.5 Å². The Hall–Kier alpha value is -1.06. The summed E-state index contributed by atoms with van der Waals surface area (Å²) < 4.78 is 0. The lowest BCUT2D eigenvalue weighted by molar-refractivity contribution is -0.138. The van der Waals surface area contributed by atoms with Gasteiger partial charge in [-0.05, 0) is 25.7 Å². The van der Waals surface area contributed by atoms with Crippen LogP contribution >= 0.6 is 0 Å². The second-order valence-corrected chi connectivity index (χ2v) is 5.54. The monoisotopic (exact) mass is 238 g/mol. The molecule has 1 heterocycles. The maximum atomic E-state index is 11.8. The van der Waals surface area contributed by atoms with Crippen molar-refractivity contribution in [2.45, 2.75) is 45.6 Å². The fourth-order valence-electron chi connectivity index (χ4n) is 2.27. The second-order valence-electron chi connectivity index (χ2n) is 5.54. The summed E-state index contributed by atoms with van der Waals surface area (Å²) in [5.41, 5.74) is 0. The van der Waals surface area contributed by atoms with Crippen LogP contribution in [-0.2, 0) is 9.59 Å². The third-order valence-electron chi connectivity index (χ3n) is 3.60. The molecule has 2 aliphatic rings. The molecule has 1 aliphatic heterocycles. The van der Waals surface area contributed by atoms with Crippen LogP contribution in [-0.4, -0.2) is 35.8 Å². The molecule has 1 N–H and O–H groups in total. The average Bonchev–Trinajstić information content (AvgIpc) is 3.12. The molecule has 4 nitrogen and oxygen atoms in total. The minimum atomic E-state index is 0.0619. The number of likely N-dealkylation sites (tertiary alicyclic amines) is 1. The molecule has 1 saturated carbocycles.